The van der Waals surface area contributed by atoms with Gasteiger partial charge in [0.15, 0.2) is 0 Å². The van der Waals surface area contributed by atoms with Gasteiger partial charge in [0.25, 0.3) is 0 Å². The Kier molecular flexibility index (Phi) is 3.66. The van der Waals surface area contributed by atoms with Crippen LogP contribution in [0, 0.1) is 12.7 Å². The molecule has 0 fully saturated rings. The molecule has 1 atom stereocenters. The van der Waals surface area contributed by atoms with E-state index in [-0.39, 0.29) is 11.2 Å². The Balaban J connectivity index is 1.97. The SMILES string of the molecule is Cc1ccc(F)cc1C(Cl)c1ccc2c(c1)CCCO2. The molecule has 2 aromatic carbocycles. The molecular formula is C17H16ClFO. The first-order valence-electron chi connectivity index (χ1n) is 6.81. The molecule has 3 heteroatoms. The molecule has 0 N–H and O–H groups in total. The molecule has 2 aromatic rings. The topological polar surface area (TPSA) is 9.23 Å². The van der Waals surface area contributed by atoms with E-state index in [9.17, 15) is 4.39 Å². The summed E-state index contributed by atoms with van der Waals surface area (Å²) in [6.07, 6.45) is 2.04. The van der Waals surface area contributed by atoms with Crippen molar-refractivity contribution in [1.82, 2.24) is 0 Å². The molecule has 0 spiro atoms. The summed E-state index contributed by atoms with van der Waals surface area (Å²) in [5, 5.41) is -0.335. The lowest BCUT2D eigenvalue weighted by molar-refractivity contribution is 0.288. The lowest BCUT2D eigenvalue weighted by Crippen LogP contribution is -2.09. The predicted octanol–water partition coefficient (Wildman–Crippen LogP) is 4.79. The van der Waals surface area contributed by atoms with Gasteiger partial charge in [-0.2, -0.15) is 0 Å². The Hall–Kier alpha value is -1.54. The molecule has 1 heterocycles. The molecule has 104 valence electrons. The quantitative estimate of drug-likeness (QED) is 0.723. The highest BCUT2D eigenvalue weighted by molar-refractivity contribution is 6.22. The van der Waals surface area contributed by atoms with Crippen LogP contribution in [0.25, 0.3) is 0 Å². The summed E-state index contributed by atoms with van der Waals surface area (Å²) in [5.74, 6) is 0.692. The maximum atomic E-state index is 13.4. The van der Waals surface area contributed by atoms with Crippen LogP contribution in [0.3, 0.4) is 0 Å². The van der Waals surface area contributed by atoms with Crippen LogP contribution in [0.2, 0.25) is 0 Å². The Bertz CT molecular complexity index is 639. The number of hydrogen-bond acceptors (Lipinski definition) is 1. The Morgan fingerprint density at radius 1 is 1.20 bits per heavy atom. The minimum Gasteiger partial charge on any atom is -0.493 e. The number of aryl methyl sites for hydroxylation is 2. The highest BCUT2D eigenvalue weighted by Gasteiger charge is 2.17. The van der Waals surface area contributed by atoms with E-state index < -0.39 is 0 Å². The van der Waals surface area contributed by atoms with Crippen molar-refractivity contribution in [3.05, 3.63) is 64.5 Å². The number of rotatable bonds is 2. The van der Waals surface area contributed by atoms with Crippen LogP contribution in [-0.2, 0) is 6.42 Å². The van der Waals surface area contributed by atoms with Gasteiger partial charge in [-0.15, -0.1) is 11.6 Å². The molecular weight excluding hydrogens is 275 g/mol. The Morgan fingerprint density at radius 3 is 2.90 bits per heavy atom. The van der Waals surface area contributed by atoms with E-state index in [4.69, 9.17) is 16.3 Å². The smallest absolute Gasteiger partial charge is 0.123 e. The Morgan fingerprint density at radius 2 is 2.05 bits per heavy atom. The number of alkyl halides is 1. The fourth-order valence-electron chi connectivity index (χ4n) is 2.60. The van der Waals surface area contributed by atoms with Crippen LogP contribution in [0.15, 0.2) is 36.4 Å². The van der Waals surface area contributed by atoms with Crippen molar-refractivity contribution in [3.63, 3.8) is 0 Å². The van der Waals surface area contributed by atoms with Gasteiger partial charge < -0.3 is 4.74 Å². The van der Waals surface area contributed by atoms with Gasteiger partial charge in [-0.1, -0.05) is 18.2 Å². The van der Waals surface area contributed by atoms with Crippen LogP contribution in [0.5, 0.6) is 5.75 Å². The minimum absolute atomic E-state index is 0.252. The third kappa shape index (κ3) is 2.53. The molecule has 3 rings (SSSR count). The maximum absolute atomic E-state index is 13.4. The molecule has 0 aromatic heterocycles. The van der Waals surface area contributed by atoms with Gasteiger partial charge in [0.05, 0.1) is 12.0 Å². The predicted molar refractivity (Wildman–Crippen MR) is 79.1 cm³/mol. The van der Waals surface area contributed by atoms with Crippen molar-refractivity contribution in [2.45, 2.75) is 25.1 Å². The highest BCUT2D eigenvalue weighted by Crippen LogP contribution is 2.35. The average molecular weight is 291 g/mol. The molecule has 1 aliphatic rings. The van der Waals surface area contributed by atoms with E-state index in [0.29, 0.717) is 0 Å². The zero-order valence-corrected chi connectivity index (χ0v) is 12.1. The summed E-state index contributed by atoms with van der Waals surface area (Å²) in [6.45, 7) is 2.73. The van der Waals surface area contributed by atoms with Crippen molar-refractivity contribution in [2.75, 3.05) is 6.61 Å². The van der Waals surface area contributed by atoms with E-state index in [0.717, 1.165) is 41.9 Å². The maximum Gasteiger partial charge on any atom is 0.123 e. The van der Waals surface area contributed by atoms with Gasteiger partial charge in [-0.05, 0) is 60.2 Å². The number of halogens is 2. The summed E-state index contributed by atoms with van der Waals surface area (Å²) in [6, 6.07) is 10.8. The van der Waals surface area contributed by atoms with Crippen molar-refractivity contribution in [3.8, 4) is 5.75 Å². The zero-order valence-electron chi connectivity index (χ0n) is 11.3. The van der Waals surface area contributed by atoms with Crippen molar-refractivity contribution in [1.29, 1.82) is 0 Å². The molecule has 0 bridgehead atoms. The third-order valence-corrected chi connectivity index (χ3v) is 4.23. The third-order valence-electron chi connectivity index (χ3n) is 3.74. The summed E-state index contributed by atoms with van der Waals surface area (Å²) in [4.78, 5) is 0. The van der Waals surface area contributed by atoms with Crippen molar-refractivity contribution < 1.29 is 9.13 Å². The normalized spacial score (nSPS) is 15.3. The lowest BCUT2D eigenvalue weighted by Gasteiger charge is -2.20. The molecule has 1 nitrogen and oxygen atoms in total. The van der Waals surface area contributed by atoms with Gasteiger partial charge in [0.1, 0.15) is 11.6 Å². The molecule has 0 aliphatic carbocycles. The van der Waals surface area contributed by atoms with Crippen LogP contribution in [0.4, 0.5) is 4.39 Å². The standard InChI is InChI=1S/C17H16ClFO/c1-11-4-6-14(19)10-15(11)17(18)13-5-7-16-12(9-13)3-2-8-20-16/h4-7,9-10,17H,2-3,8H2,1H3. The van der Waals surface area contributed by atoms with Crippen LogP contribution >= 0.6 is 11.6 Å². The second kappa shape index (κ2) is 5.45. The van der Waals surface area contributed by atoms with Crippen molar-refractivity contribution in [2.24, 2.45) is 0 Å². The fraction of sp³-hybridized carbons (Fsp3) is 0.294. The second-order valence-electron chi connectivity index (χ2n) is 5.18. The largest absolute Gasteiger partial charge is 0.493 e. The molecule has 1 unspecified atom stereocenters. The van der Waals surface area contributed by atoms with E-state index in [1.165, 1.54) is 17.7 Å². The van der Waals surface area contributed by atoms with Gasteiger partial charge in [-0.25, -0.2) is 4.39 Å². The highest BCUT2D eigenvalue weighted by atomic mass is 35.5. The first kappa shape index (κ1) is 13.4. The lowest BCUT2D eigenvalue weighted by atomic mass is 9.96. The van der Waals surface area contributed by atoms with Gasteiger partial charge >= 0.3 is 0 Å². The summed E-state index contributed by atoms with van der Waals surface area (Å²) >= 11 is 6.54. The molecule has 0 amide bonds. The molecule has 0 saturated heterocycles. The first-order chi connectivity index (χ1) is 9.65. The summed E-state index contributed by atoms with van der Waals surface area (Å²) in [5.41, 5.74) is 4.00. The summed E-state index contributed by atoms with van der Waals surface area (Å²) in [7, 11) is 0. The van der Waals surface area contributed by atoms with E-state index in [2.05, 4.69) is 6.07 Å². The first-order valence-corrected chi connectivity index (χ1v) is 7.24. The molecule has 20 heavy (non-hydrogen) atoms. The van der Waals surface area contributed by atoms with Gasteiger partial charge in [0.2, 0.25) is 0 Å². The molecule has 0 radical (unpaired) electrons. The van der Waals surface area contributed by atoms with Crippen LogP contribution < -0.4 is 4.74 Å². The monoisotopic (exact) mass is 290 g/mol. The number of ether oxygens (including phenoxy) is 1. The summed E-state index contributed by atoms with van der Waals surface area (Å²) < 4.78 is 19.0. The van der Waals surface area contributed by atoms with Crippen LogP contribution in [0.1, 0.15) is 34.1 Å². The number of fused-ring (bicyclic) bond motifs is 1. The zero-order chi connectivity index (χ0) is 14.1. The molecule has 1 aliphatic heterocycles. The minimum atomic E-state index is -0.335. The van der Waals surface area contributed by atoms with Crippen molar-refractivity contribution >= 4 is 11.6 Å². The van der Waals surface area contributed by atoms with Crippen LogP contribution in [-0.4, -0.2) is 6.61 Å². The number of benzene rings is 2. The van der Waals surface area contributed by atoms with E-state index >= 15 is 0 Å². The second-order valence-corrected chi connectivity index (χ2v) is 5.62. The van der Waals surface area contributed by atoms with E-state index in [1.54, 1.807) is 6.07 Å². The average Bonchev–Trinajstić information content (AvgIpc) is 2.48. The van der Waals surface area contributed by atoms with Gasteiger partial charge in [-0.3, -0.25) is 0 Å². The fourth-order valence-corrected chi connectivity index (χ4v) is 2.97. The number of hydrogen-bond donors (Lipinski definition) is 0. The van der Waals surface area contributed by atoms with E-state index in [1.807, 2.05) is 19.1 Å². The Labute approximate surface area is 123 Å². The molecule has 0 saturated carbocycles. The van der Waals surface area contributed by atoms with Gasteiger partial charge in [0, 0.05) is 0 Å².